The van der Waals surface area contributed by atoms with Crippen molar-refractivity contribution in [3.05, 3.63) is 11.6 Å². The summed E-state index contributed by atoms with van der Waals surface area (Å²) in [6.07, 6.45) is 4.06. The van der Waals surface area contributed by atoms with E-state index in [0.29, 0.717) is 12.2 Å². The lowest BCUT2D eigenvalue weighted by Gasteiger charge is -2.33. The summed E-state index contributed by atoms with van der Waals surface area (Å²) in [7, 11) is 0. The van der Waals surface area contributed by atoms with Crippen LogP contribution in [-0.2, 0) is 4.79 Å². The predicted molar refractivity (Wildman–Crippen MR) is 64.0 cm³/mol. The van der Waals surface area contributed by atoms with E-state index in [-0.39, 0.29) is 16.7 Å². The SMILES string of the molecule is CC1=CCC(=O)C12CC(C)(C)CC2C(C)O. The molecule has 1 N–H and O–H groups in total. The molecule has 16 heavy (non-hydrogen) atoms. The van der Waals surface area contributed by atoms with Crippen LogP contribution in [0.1, 0.15) is 47.0 Å². The summed E-state index contributed by atoms with van der Waals surface area (Å²) in [6.45, 7) is 8.29. The lowest BCUT2D eigenvalue weighted by Crippen LogP contribution is -2.38. The van der Waals surface area contributed by atoms with Crippen molar-refractivity contribution in [2.75, 3.05) is 0 Å². The molecule has 0 aliphatic heterocycles. The Labute approximate surface area is 97.7 Å². The van der Waals surface area contributed by atoms with E-state index in [2.05, 4.69) is 26.8 Å². The van der Waals surface area contributed by atoms with E-state index < -0.39 is 6.10 Å². The van der Waals surface area contributed by atoms with Gasteiger partial charge in [0.15, 0.2) is 0 Å². The minimum atomic E-state index is -0.396. The molecule has 2 rings (SSSR count). The molecule has 90 valence electrons. The molecule has 1 spiro atoms. The largest absolute Gasteiger partial charge is 0.393 e. The molecule has 0 radical (unpaired) electrons. The highest BCUT2D eigenvalue weighted by Gasteiger charge is 2.58. The van der Waals surface area contributed by atoms with Gasteiger partial charge in [0.25, 0.3) is 0 Å². The summed E-state index contributed by atoms with van der Waals surface area (Å²) in [5.74, 6) is 0.426. The van der Waals surface area contributed by atoms with Crippen molar-refractivity contribution < 1.29 is 9.90 Å². The molecule has 2 aliphatic carbocycles. The molecule has 2 nitrogen and oxygen atoms in total. The van der Waals surface area contributed by atoms with E-state index in [0.717, 1.165) is 12.8 Å². The Hall–Kier alpha value is -0.630. The average molecular weight is 222 g/mol. The molecular formula is C14H22O2. The third-order valence-corrected chi connectivity index (χ3v) is 4.54. The molecule has 0 amide bonds. The van der Waals surface area contributed by atoms with Crippen molar-refractivity contribution in [2.45, 2.75) is 53.1 Å². The summed E-state index contributed by atoms with van der Waals surface area (Å²) in [6, 6.07) is 0. The normalized spacial score (nSPS) is 39.2. The fourth-order valence-electron chi connectivity index (χ4n) is 3.88. The van der Waals surface area contributed by atoms with Crippen LogP contribution in [0.25, 0.3) is 0 Å². The van der Waals surface area contributed by atoms with Crippen molar-refractivity contribution >= 4 is 5.78 Å². The van der Waals surface area contributed by atoms with Gasteiger partial charge in [0.2, 0.25) is 0 Å². The van der Waals surface area contributed by atoms with Crippen molar-refractivity contribution in [3.8, 4) is 0 Å². The second kappa shape index (κ2) is 3.43. The fourth-order valence-corrected chi connectivity index (χ4v) is 3.88. The van der Waals surface area contributed by atoms with Gasteiger partial charge in [-0.15, -0.1) is 0 Å². The van der Waals surface area contributed by atoms with Crippen molar-refractivity contribution in [1.29, 1.82) is 0 Å². The molecule has 3 atom stereocenters. The summed E-state index contributed by atoms with van der Waals surface area (Å²) < 4.78 is 0. The fraction of sp³-hybridized carbons (Fsp3) is 0.786. The molecule has 1 fully saturated rings. The second-order valence-electron chi connectivity index (χ2n) is 6.38. The topological polar surface area (TPSA) is 37.3 Å². The van der Waals surface area contributed by atoms with Crippen LogP contribution in [0, 0.1) is 16.7 Å². The van der Waals surface area contributed by atoms with Gasteiger partial charge in [-0.05, 0) is 32.1 Å². The first-order valence-corrected chi connectivity index (χ1v) is 6.18. The smallest absolute Gasteiger partial charge is 0.147 e. The number of carbonyl (C=O) groups excluding carboxylic acids is 1. The number of allylic oxidation sites excluding steroid dienone is 2. The van der Waals surface area contributed by atoms with Gasteiger partial charge in [-0.1, -0.05) is 25.5 Å². The second-order valence-corrected chi connectivity index (χ2v) is 6.38. The number of Topliss-reactive ketones (excluding diaryl/α,β-unsaturated/α-hetero) is 1. The zero-order chi connectivity index (χ0) is 12.1. The number of ketones is 1. The average Bonchev–Trinajstić information content (AvgIpc) is 2.59. The Bertz CT molecular complexity index is 352. The Morgan fingerprint density at radius 2 is 2.12 bits per heavy atom. The molecule has 2 aliphatic rings. The van der Waals surface area contributed by atoms with Crippen LogP contribution >= 0.6 is 0 Å². The molecule has 0 aromatic rings. The molecule has 0 saturated heterocycles. The molecule has 1 saturated carbocycles. The maximum Gasteiger partial charge on any atom is 0.147 e. The van der Waals surface area contributed by atoms with Gasteiger partial charge in [-0.25, -0.2) is 0 Å². The number of hydrogen-bond donors (Lipinski definition) is 1. The van der Waals surface area contributed by atoms with E-state index in [9.17, 15) is 9.90 Å². The highest BCUT2D eigenvalue weighted by Crippen LogP contribution is 2.60. The van der Waals surface area contributed by atoms with Crippen LogP contribution in [0.15, 0.2) is 11.6 Å². The molecule has 0 aromatic carbocycles. The van der Waals surface area contributed by atoms with Crippen molar-refractivity contribution in [1.82, 2.24) is 0 Å². The summed E-state index contributed by atoms with van der Waals surface area (Å²) in [4.78, 5) is 12.2. The Morgan fingerprint density at radius 1 is 1.50 bits per heavy atom. The van der Waals surface area contributed by atoms with Gasteiger partial charge < -0.3 is 5.11 Å². The van der Waals surface area contributed by atoms with Crippen LogP contribution in [0.5, 0.6) is 0 Å². The molecular weight excluding hydrogens is 200 g/mol. The lowest BCUT2D eigenvalue weighted by molar-refractivity contribution is -0.128. The number of hydrogen-bond acceptors (Lipinski definition) is 2. The van der Waals surface area contributed by atoms with Crippen molar-refractivity contribution in [2.24, 2.45) is 16.7 Å². The van der Waals surface area contributed by atoms with Gasteiger partial charge >= 0.3 is 0 Å². The van der Waals surface area contributed by atoms with E-state index in [1.807, 2.05) is 6.92 Å². The Morgan fingerprint density at radius 3 is 2.56 bits per heavy atom. The van der Waals surface area contributed by atoms with Gasteiger partial charge in [-0.2, -0.15) is 0 Å². The van der Waals surface area contributed by atoms with E-state index in [1.54, 1.807) is 0 Å². The Balaban J connectivity index is 2.45. The lowest BCUT2D eigenvalue weighted by atomic mass is 9.70. The zero-order valence-corrected chi connectivity index (χ0v) is 10.7. The number of aliphatic hydroxyl groups is 1. The monoisotopic (exact) mass is 222 g/mol. The van der Waals surface area contributed by atoms with E-state index in [1.165, 1.54) is 5.57 Å². The first-order valence-electron chi connectivity index (χ1n) is 6.18. The minimum Gasteiger partial charge on any atom is -0.393 e. The summed E-state index contributed by atoms with van der Waals surface area (Å²) in [5, 5.41) is 9.97. The molecule has 2 heteroatoms. The summed E-state index contributed by atoms with van der Waals surface area (Å²) >= 11 is 0. The molecule has 0 bridgehead atoms. The predicted octanol–water partition coefficient (Wildman–Crippen LogP) is 2.71. The first kappa shape index (κ1) is 11.8. The standard InChI is InChI=1S/C14H22O2/c1-9-5-6-12(16)14(9)8-13(3,4)7-11(14)10(2)15/h5,10-11,15H,6-8H2,1-4H3. The summed E-state index contributed by atoms with van der Waals surface area (Å²) in [5.41, 5.74) is 1.00. The van der Waals surface area contributed by atoms with Crippen LogP contribution < -0.4 is 0 Å². The number of aliphatic hydroxyl groups excluding tert-OH is 1. The third-order valence-electron chi connectivity index (χ3n) is 4.54. The van der Waals surface area contributed by atoms with Gasteiger partial charge in [0.1, 0.15) is 5.78 Å². The van der Waals surface area contributed by atoms with Crippen LogP contribution in [-0.4, -0.2) is 17.0 Å². The third kappa shape index (κ3) is 1.46. The van der Waals surface area contributed by atoms with Gasteiger partial charge in [0, 0.05) is 12.3 Å². The highest BCUT2D eigenvalue weighted by molar-refractivity contribution is 5.93. The molecule has 0 aromatic heterocycles. The molecule has 0 heterocycles. The quantitative estimate of drug-likeness (QED) is 0.693. The van der Waals surface area contributed by atoms with Crippen LogP contribution in [0.3, 0.4) is 0 Å². The van der Waals surface area contributed by atoms with E-state index in [4.69, 9.17) is 0 Å². The maximum atomic E-state index is 12.2. The molecule has 3 unspecified atom stereocenters. The first-order chi connectivity index (χ1) is 7.29. The van der Waals surface area contributed by atoms with Crippen molar-refractivity contribution in [3.63, 3.8) is 0 Å². The Kier molecular flexibility index (Phi) is 2.54. The van der Waals surface area contributed by atoms with Crippen LogP contribution in [0.2, 0.25) is 0 Å². The zero-order valence-electron chi connectivity index (χ0n) is 10.7. The van der Waals surface area contributed by atoms with Gasteiger partial charge in [0.05, 0.1) is 11.5 Å². The van der Waals surface area contributed by atoms with Gasteiger partial charge in [-0.3, -0.25) is 4.79 Å². The van der Waals surface area contributed by atoms with Crippen LogP contribution in [0.4, 0.5) is 0 Å². The maximum absolute atomic E-state index is 12.2. The minimum absolute atomic E-state index is 0.105. The highest BCUT2D eigenvalue weighted by atomic mass is 16.3. The number of rotatable bonds is 1. The number of carbonyl (C=O) groups is 1. The van der Waals surface area contributed by atoms with E-state index >= 15 is 0 Å².